The standard InChI is InChI=1S/C17H14N2O2/c1-2-16(20)19-11-12-6-7-15(18-10-12)14-5-3-4-13-8-9-21-17(13)14/h2-10H,1,11H2,(H,19,20). The predicted molar refractivity (Wildman–Crippen MR) is 81.5 cm³/mol. The summed E-state index contributed by atoms with van der Waals surface area (Å²) in [5, 5.41) is 3.77. The van der Waals surface area contributed by atoms with E-state index in [1.165, 1.54) is 6.08 Å². The van der Waals surface area contributed by atoms with E-state index in [2.05, 4.69) is 16.9 Å². The molecule has 0 atom stereocenters. The molecular formula is C17H14N2O2. The second kappa shape index (κ2) is 5.63. The zero-order chi connectivity index (χ0) is 14.7. The van der Waals surface area contributed by atoms with Crippen LogP contribution in [0.4, 0.5) is 0 Å². The van der Waals surface area contributed by atoms with Crippen LogP contribution < -0.4 is 5.32 Å². The first-order chi connectivity index (χ1) is 10.3. The van der Waals surface area contributed by atoms with Crippen LogP contribution in [0.1, 0.15) is 5.56 Å². The normalized spacial score (nSPS) is 10.5. The highest BCUT2D eigenvalue weighted by atomic mass is 16.3. The molecule has 3 rings (SSSR count). The Bertz CT molecular complexity index is 788. The van der Waals surface area contributed by atoms with Gasteiger partial charge in [-0.3, -0.25) is 9.78 Å². The number of hydrogen-bond acceptors (Lipinski definition) is 3. The lowest BCUT2D eigenvalue weighted by Gasteiger charge is -2.05. The molecule has 0 saturated carbocycles. The molecule has 0 bridgehead atoms. The molecule has 3 aromatic rings. The van der Waals surface area contributed by atoms with E-state index < -0.39 is 0 Å². The van der Waals surface area contributed by atoms with Crippen molar-refractivity contribution in [2.24, 2.45) is 0 Å². The largest absolute Gasteiger partial charge is 0.464 e. The van der Waals surface area contributed by atoms with Crippen LogP contribution in [0.5, 0.6) is 0 Å². The maximum atomic E-state index is 11.1. The van der Waals surface area contributed by atoms with Crippen LogP contribution in [0, 0.1) is 0 Å². The SMILES string of the molecule is C=CC(=O)NCc1ccc(-c2cccc3ccoc23)nc1. The van der Waals surface area contributed by atoms with Crippen LogP contribution in [0.3, 0.4) is 0 Å². The Balaban J connectivity index is 1.85. The third kappa shape index (κ3) is 2.69. The van der Waals surface area contributed by atoms with E-state index in [9.17, 15) is 4.79 Å². The number of hydrogen-bond donors (Lipinski definition) is 1. The average molecular weight is 278 g/mol. The number of nitrogens with zero attached hydrogens (tertiary/aromatic N) is 1. The van der Waals surface area contributed by atoms with Gasteiger partial charge < -0.3 is 9.73 Å². The van der Waals surface area contributed by atoms with Gasteiger partial charge in [-0.2, -0.15) is 0 Å². The number of fused-ring (bicyclic) bond motifs is 1. The van der Waals surface area contributed by atoms with Crippen LogP contribution >= 0.6 is 0 Å². The van der Waals surface area contributed by atoms with Crippen LogP contribution in [0.25, 0.3) is 22.2 Å². The number of aromatic nitrogens is 1. The van der Waals surface area contributed by atoms with Gasteiger partial charge in [0.05, 0.1) is 12.0 Å². The molecule has 21 heavy (non-hydrogen) atoms. The van der Waals surface area contributed by atoms with Crippen molar-refractivity contribution in [3.05, 3.63) is 67.1 Å². The molecule has 0 radical (unpaired) electrons. The molecule has 4 heteroatoms. The van der Waals surface area contributed by atoms with E-state index in [1.807, 2.05) is 36.4 Å². The fraction of sp³-hybridized carbons (Fsp3) is 0.0588. The fourth-order valence-electron chi connectivity index (χ4n) is 2.14. The number of carbonyl (C=O) groups excluding carboxylic acids is 1. The molecule has 4 nitrogen and oxygen atoms in total. The topological polar surface area (TPSA) is 55.1 Å². The van der Waals surface area contributed by atoms with Gasteiger partial charge in [0.2, 0.25) is 5.91 Å². The summed E-state index contributed by atoms with van der Waals surface area (Å²) >= 11 is 0. The Morgan fingerprint density at radius 1 is 1.29 bits per heavy atom. The van der Waals surface area contributed by atoms with Gasteiger partial charge in [-0.15, -0.1) is 0 Å². The average Bonchev–Trinajstić information content (AvgIpc) is 3.01. The maximum absolute atomic E-state index is 11.1. The van der Waals surface area contributed by atoms with E-state index in [4.69, 9.17) is 4.42 Å². The predicted octanol–water partition coefficient (Wildman–Crippen LogP) is 3.30. The summed E-state index contributed by atoms with van der Waals surface area (Å²) in [7, 11) is 0. The van der Waals surface area contributed by atoms with E-state index >= 15 is 0 Å². The Morgan fingerprint density at radius 3 is 2.95 bits per heavy atom. The smallest absolute Gasteiger partial charge is 0.243 e. The number of furan rings is 1. The summed E-state index contributed by atoms with van der Waals surface area (Å²) in [5.74, 6) is -0.195. The van der Waals surface area contributed by atoms with Crippen molar-refractivity contribution >= 4 is 16.9 Å². The highest BCUT2D eigenvalue weighted by Crippen LogP contribution is 2.27. The van der Waals surface area contributed by atoms with Crippen LogP contribution in [0.2, 0.25) is 0 Å². The molecule has 0 saturated heterocycles. The molecule has 0 aliphatic rings. The van der Waals surface area contributed by atoms with E-state index in [1.54, 1.807) is 12.5 Å². The Morgan fingerprint density at radius 2 is 2.19 bits per heavy atom. The van der Waals surface area contributed by atoms with Crippen molar-refractivity contribution in [1.29, 1.82) is 0 Å². The molecule has 1 amide bonds. The first kappa shape index (κ1) is 13.1. The molecule has 1 N–H and O–H groups in total. The molecule has 1 aromatic carbocycles. The van der Waals surface area contributed by atoms with E-state index in [0.717, 1.165) is 27.8 Å². The number of nitrogens with one attached hydrogen (secondary N) is 1. The Kier molecular flexibility index (Phi) is 3.51. The first-order valence-electron chi connectivity index (χ1n) is 6.60. The minimum absolute atomic E-state index is 0.195. The van der Waals surface area contributed by atoms with Gasteiger partial charge in [0.1, 0.15) is 5.58 Å². The summed E-state index contributed by atoms with van der Waals surface area (Å²) < 4.78 is 5.52. The second-order valence-corrected chi connectivity index (χ2v) is 4.62. The molecule has 0 aliphatic heterocycles. The molecular weight excluding hydrogens is 264 g/mol. The number of pyridine rings is 1. The zero-order valence-corrected chi connectivity index (χ0v) is 11.4. The second-order valence-electron chi connectivity index (χ2n) is 4.62. The lowest BCUT2D eigenvalue weighted by Crippen LogP contribution is -2.19. The van der Waals surface area contributed by atoms with E-state index in [-0.39, 0.29) is 5.91 Å². The van der Waals surface area contributed by atoms with Gasteiger partial charge in [-0.05, 0) is 29.8 Å². The van der Waals surface area contributed by atoms with Crippen molar-refractivity contribution < 1.29 is 9.21 Å². The number of carbonyl (C=O) groups is 1. The van der Waals surface area contributed by atoms with Crippen molar-refractivity contribution in [1.82, 2.24) is 10.3 Å². The maximum Gasteiger partial charge on any atom is 0.243 e. The van der Waals surface area contributed by atoms with Gasteiger partial charge in [-0.1, -0.05) is 24.8 Å². The van der Waals surface area contributed by atoms with Gasteiger partial charge >= 0.3 is 0 Å². The molecule has 104 valence electrons. The molecule has 0 spiro atoms. The lowest BCUT2D eigenvalue weighted by molar-refractivity contribution is -0.116. The molecule has 2 heterocycles. The number of benzene rings is 1. The van der Waals surface area contributed by atoms with Gasteiger partial charge in [0, 0.05) is 23.7 Å². The Hall–Kier alpha value is -2.88. The molecule has 0 aliphatic carbocycles. The van der Waals surface area contributed by atoms with Gasteiger partial charge in [0.25, 0.3) is 0 Å². The Labute approximate surface area is 122 Å². The number of amides is 1. The summed E-state index contributed by atoms with van der Waals surface area (Å²) in [6.45, 7) is 3.85. The fourth-order valence-corrected chi connectivity index (χ4v) is 2.14. The van der Waals surface area contributed by atoms with Crippen molar-refractivity contribution in [3.63, 3.8) is 0 Å². The monoisotopic (exact) mass is 278 g/mol. The number of para-hydroxylation sites is 1. The van der Waals surface area contributed by atoms with Crippen molar-refractivity contribution in [2.45, 2.75) is 6.54 Å². The van der Waals surface area contributed by atoms with Crippen molar-refractivity contribution in [2.75, 3.05) is 0 Å². The summed E-state index contributed by atoms with van der Waals surface area (Å²) in [6.07, 6.45) is 4.67. The van der Waals surface area contributed by atoms with Crippen LogP contribution in [-0.4, -0.2) is 10.9 Å². The summed E-state index contributed by atoms with van der Waals surface area (Å²) in [4.78, 5) is 15.6. The minimum atomic E-state index is -0.195. The summed E-state index contributed by atoms with van der Waals surface area (Å²) in [6, 6.07) is 11.8. The molecule has 2 aromatic heterocycles. The zero-order valence-electron chi connectivity index (χ0n) is 11.4. The number of rotatable bonds is 4. The van der Waals surface area contributed by atoms with Crippen LogP contribution in [0.15, 0.2) is 65.9 Å². The van der Waals surface area contributed by atoms with Gasteiger partial charge in [-0.25, -0.2) is 0 Å². The third-order valence-corrected chi connectivity index (χ3v) is 3.23. The summed E-state index contributed by atoms with van der Waals surface area (Å²) in [5.41, 5.74) is 3.56. The minimum Gasteiger partial charge on any atom is -0.464 e. The highest BCUT2D eigenvalue weighted by Gasteiger charge is 2.07. The third-order valence-electron chi connectivity index (χ3n) is 3.23. The highest BCUT2D eigenvalue weighted by molar-refractivity contribution is 5.91. The van der Waals surface area contributed by atoms with Gasteiger partial charge in [0.15, 0.2) is 0 Å². The van der Waals surface area contributed by atoms with Crippen LogP contribution in [-0.2, 0) is 11.3 Å². The van der Waals surface area contributed by atoms with E-state index in [0.29, 0.717) is 6.54 Å². The molecule has 0 fully saturated rings. The molecule has 0 unspecified atom stereocenters. The quantitative estimate of drug-likeness (QED) is 0.745. The first-order valence-corrected chi connectivity index (χ1v) is 6.60. The van der Waals surface area contributed by atoms with Crippen molar-refractivity contribution in [3.8, 4) is 11.3 Å². The lowest BCUT2D eigenvalue weighted by atomic mass is 10.1.